The maximum Gasteiger partial charge on any atom is 0.211 e. The summed E-state index contributed by atoms with van der Waals surface area (Å²) in [6, 6.07) is 13.6. The minimum absolute atomic E-state index is 0.138. The molecule has 150 valence electrons. The van der Waals surface area contributed by atoms with Crippen LogP contribution >= 0.6 is 23.1 Å². The van der Waals surface area contributed by atoms with Gasteiger partial charge in [0.25, 0.3) is 0 Å². The first-order valence-electron chi connectivity index (χ1n) is 8.47. The summed E-state index contributed by atoms with van der Waals surface area (Å²) in [5.41, 5.74) is 8.50. The Bertz CT molecular complexity index is 1200. The summed E-state index contributed by atoms with van der Waals surface area (Å²) in [5, 5.41) is 10.3. The molecule has 0 aliphatic carbocycles. The zero-order chi connectivity index (χ0) is 21.2. The average Bonchev–Trinajstić information content (AvgIpc) is 3.14. The maximum atomic E-state index is 13.3. The van der Waals surface area contributed by atoms with E-state index in [0.29, 0.717) is 26.7 Å². The van der Waals surface area contributed by atoms with Crippen molar-refractivity contribution in [1.82, 2.24) is 0 Å². The van der Waals surface area contributed by atoms with Crippen LogP contribution in [0.1, 0.15) is 10.4 Å². The first kappa shape index (κ1) is 21.1. The monoisotopic (exact) mass is 445 g/mol. The SMILES string of the molecule is CSc1sc(C(=N)N)cc1S(=O)(=O)c1cccc(-c2c(C)cccc2NC=O)c1. The number of thiophene rings is 1. The molecule has 4 N–H and O–H groups in total. The number of nitrogens with two attached hydrogens (primary N) is 1. The molecule has 29 heavy (non-hydrogen) atoms. The van der Waals surface area contributed by atoms with Crippen LogP contribution in [0.3, 0.4) is 0 Å². The van der Waals surface area contributed by atoms with E-state index in [1.165, 1.54) is 29.2 Å². The van der Waals surface area contributed by atoms with E-state index in [1.807, 2.05) is 19.1 Å². The molecule has 0 unspecified atom stereocenters. The predicted molar refractivity (Wildman–Crippen MR) is 119 cm³/mol. The van der Waals surface area contributed by atoms with Crippen LogP contribution in [0.2, 0.25) is 0 Å². The predicted octanol–water partition coefficient (Wildman–Crippen LogP) is 4.13. The normalized spacial score (nSPS) is 11.2. The Kier molecular flexibility index (Phi) is 6.11. The number of nitrogens with one attached hydrogen (secondary N) is 2. The number of nitrogen functional groups attached to an aromatic ring is 1. The van der Waals surface area contributed by atoms with E-state index < -0.39 is 9.84 Å². The van der Waals surface area contributed by atoms with Gasteiger partial charge in [0.15, 0.2) is 0 Å². The number of hydrogen-bond donors (Lipinski definition) is 3. The van der Waals surface area contributed by atoms with E-state index in [9.17, 15) is 13.2 Å². The van der Waals surface area contributed by atoms with Crippen molar-refractivity contribution in [2.45, 2.75) is 20.9 Å². The Balaban J connectivity index is 2.16. The van der Waals surface area contributed by atoms with Crippen molar-refractivity contribution in [1.29, 1.82) is 5.41 Å². The molecule has 2 aromatic carbocycles. The average molecular weight is 446 g/mol. The number of amides is 1. The Morgan fingerprint density at radius 2 is 1.93 bits per heavy atom. The third-order valence-electron chi connectivity index (χ3n) is 4.33. The molecule has 9 heteroatoms. The number of carbonyl (C=O) groups is 1. The molecular formula is C20H19N3O3S3. The molecule has 1 aromatic heterocycles. The van der Waals surface area contributed by atoms with Crippen LogP contribution in [-0.4, -0.2) is 26.9 Å². The summed E-state index contributed by atoms with van der Waals surface area (Å²) in [6.45, 7) is 1.90. The first-order chi connectivity index (χ1) is 13.8. The van der Waals surface area contributed by atoms with Crippen molar-refractivity contribution in [3.63, 3.8) is 0 Å². The van der Waals surface area contributed by atoms with Gasteiger partial charge < -0.3 is 11.1 Å². The molecule has 0 aliphatic rings. The van der Waals surface area contributed by atoms with Gasteiger partial charge in [-0.15, -0.1) is 23.1 Å². The Morgan fingerprint density at radius 1 is 1.21 bits per heavy atom. The van der Waals surface area contributed by atoms with Gasteiger partial charge in [0.1, 0.15) is 5.84 Å². The highest BCUT2D eigenvalue weighted by molar-refractivity contribution is 8.01. The van der Waals surface area contributed by atoms with Crippen LogP contribution in [0.5, 0.6) is 0 Å². The van der Waals surface area contributed by atoms with Gasteiger partial charge in [0.05, 0.1) is 18.9 Å². The van der Waals surface area contributed by atoms with Gasteiger partial charge in [-0.05, 0) is 48.6 Å². The zero-order valence-electron chi connectivity index (χ0n) is 15.7. The van der Waals surface area contributed by atoms with Crippen molar-refractivity contribution in [2.75, 3.05) is 11.6 Å². The number of thioether (sulfide) groups is 1. The fraction of sp³-hybridized carbons (Fsp3) is 0.100. The lowest BCUT2D eigenvalue weighted by Crippen LogP contribution is -2.08. The number of carbonyl (C=O) groups excluding carboxylic acids is 1. The minimum Gasteiger partial charge on any atom is -0.383 e. The zero-order valence-corrected chi connectivity index (χ0v) is 18.2. The standard InChI is InChI=1S/C20H19N3O3S3/c1-12-5-3-8-15(23-11-24)18(12)13-6-4-7-14(9-13)29(25,26)17-10-16(19(21)22)28-20(17)27-2/h3-11H,1-2H3,(H3,21,22)(H,23,24). The highest BCUT2D eigenvalue weighted by atomic mass is 32.2. The number of hydrogen-bond acceptors (Lipinski definition) is 6. The summed E-state index contributed by atoms with van der Waals surface area (Å²) in [5.74, 6) is -0.162. The molecule has 6 nitrogen and oxygen atoms in total. The highest BCUT2D eigenvalue weighted by Gasteiger charge is 2.25. The van der Waals surface area contributed by atoms with Crippen LogP contribution in [-0.2, 0) is 14.6 Å². The molecule has 1 amide bonds. The molecule has 3 rings (SSSR count). The molecule has 0 saturated carbocycles. The Morgan fingerprint density at radius 3 is 2.59 bits per heavy atom. The topological polar surface area (TPSA) is 113 Å². The van der Waals surface area contributed by atoms with Crippen molar-refractivity contribution in [2.24, 2.45) is 5.73 Å². The molecule has 0 saturated heterocycles. The van der Waals surface area contributed by atoms with Crippen LogP contribution < -0.4 is 11.1 Å². The summed E-state index contributed by atoms with van der Waals surface area (Å²) < 4.78 is 27.3. The molecule has 0 radical (unpaired) electrons. The second-order valence-electron chi connectivity index (χ2n) is 6.17. The summed E-state index contributed by atoms with van der Waals surface area (Å²) in [4.78, 5) is 11.7. The van der Waals surface area contributed by atoms with E-state index >= 15 is 0 Å². The first-order valence-corrected chi connectivity index (χ1v) is 12.0. The smallest absolute Gasteiger partial charge is 0.211 e. The third-order valence-corrected chi connectivity index (χ3v) is 8.66. The lowest BCUT2D eigenvalue weighted by atomic mass is 9.98. The number of aryl methyl sites for hydroxylation is 1. The number of amidine groups is 1. The molecule has 0 bridgehead atoms. The van der Waals surface area contributed by atoms with Crippen LogP contribution in [0.15, 0.2) is 62.5 Å². The van der Waals surface area contributed by atoms with Crippen LogP contribution in [0, 0.1) is 12.3 Å². The molecular weight excluding hydrogens is 426 g/mol. The molecule has 3 aromatic rings. The third kappa shape index (κ3) is 4.07. The quantitative estimate of drug-likeness (QED) is 0.219. The number of benzene rings is 2. The van der Waals surface area contributed by atoms with Crippen molar-refractivity contribution in [3.05, 3.63) is 59.0 Å². The Labute approximate surface area is 177 Å². The van der Waals surface area contributed by atoms with E-state index in [0.717, 1.165) is 11.1 Å². The number of sulfone groups is 1. The van der Waals surface area contributed by atoms with Crippen molar-refractivity contribution in [3.8, 4) is 11.1 Å². The molecule has 1 heterocycles. The highest BCUT2D eigenvalue weighted by Crippen LogP contribution is 2.38. The summed E-state index contributed by atoms with van der Waals surface area (Å²) in [6.07, 6.45) is 2.38. The maximum absolute atomic E-state index is 13.3. The van der Waals surface area contributed by atoms with Gasteiger partial charge in [0.2, 0.25) is 16.2 Å². The molecule has 0 aliphatic heterocycles. The van der Waals surface area contributed by atoms with Gasteiger partial charge in [-0.3, -0.25) is 10.2 Å². The Hall–Kier alpha value is -2.62. The van der Waals surface area contributed by atoms with E-state index in [1.54, 1.807) is 36.6 Å². The van der Waals surface area contributed by atoms with Crippen LogP contribution in [0.25, 0.3) is 11.1 Å². The van der Waals surface area contributed by atoms with Gasteiger partial charge in [0, 0.05) is 11.3 Å². The molecule has 0 spiro atoms. The second kappa shape index (κ2) is 8.40. The van der Waals surface area contributed by atoms with Crippen LogP contribution in [0.4, 0.5) is 5.69 Å². The fourth-order valence-corrected chi connectivity index (χ4v) is 6.90. The second-order valence-corrected chi connectivity index (χ2v) is 10.2. The van der Waals surface area contributed by atoms with E-state index in [-0.39, 0.29) is 15.6 Å². The number of anilines is 1. The number of rotatable bonds is 7. The lowest BCUT2D eigenvalue weighted by molar-refractivity contribution is -0.105. The van der Waals surface area contributed by atoms with E-state index in [2.05, 4.69) is 5.32 Å². The van der Waals surface area contributed by atoms with Gasteiger partial charge >= 0.3 is 0 Å². The van der Waals surface area contributed by atoms with E-state index in [4.69, 9.17) is 11.1 Å². The lowest BCUT2D eigenvalue weighted by Gasteiger charge is -2.13. The summed E-state index contributed by atoms with van der Waals surface area (Å²) in [7, 11) is -3.82. The summed E-state index contributed by atoms with van der Waals surface area (Å²) >= 11 is 2.49. The fourth-order valence-electron chi connectivity index (χ4n) is 3.00. The van der Waals surface area contributed by atoms with Crippen molar-refractivity contribution < 1.29 is 13.2 Å². The molecule has 0 atom stereocenters. The van der Waals surface area contributed by atoms with Gasteiger partial charge in [-0.1, -0.05) is 24.3 Å². The largest absolute Gasteiger partial charge is 0.383 e. The molecule has 0 fully saturated rings. The van der Waals surface area contributed by atoms with Gasteiger partial charge in [-0.2, -0.15) is 0 Å². The van der Waals surface area contributed by atoms with Gasteiger partial charge in [-0.25, -0.2) is 8.42 Å². The minimum atomic E-state index is -3.82. The van der Waals surface area contributed by atoms with Crippen molar-refractivity contribution >= 4 is 50.9 Å².